The van der Waals surface area contributed by atoms with Gasteiger partial charge in [0, 0.05) is 28.5 Å². The molecule has 1 amide bonds. The molecule has 0 unspecified atom stereocenters. The van der Waals surface area contributed by atoms with Gasteiger partial charge in [0.1, 0.15) is 11.6 Å². The zero-order chi connectivity index (χ0) is 25.0. The van der Waals surface area contributed by atoms with Gasteiger partial charge in [0.05, 0.1) is 11.2 Å². The molecule has 0 atom stereocenters. The van der Waals surface area contributed by atoms with Gasteiger partial charge in [-0.3, -0.25) is 10.2 Å². The summed E-state index contributed by atoms with van der Waals surface area (Å²) < 4.78 is 29.3. The molecular weight excluding hydrogens is 464 g/mol. The molecule has 4 aromatic rings. The predicted octanol–water partition coefficient (Wildman–Crippen LogP) is 3.95. The molecule has 0 fully saturated rings. The molecule has 0 bridgehead atoms. The lowest BCUT2D eigenvalue weighted by atomic mass is 10.00. The summed E-state index contributed by atoms with van der Waals surface area (Å²) in [5.74, 6) is -0.00249. The Balaban J connectivity index is 1.61. The first kappa shape index (κ1) is 23.7. The Bertz CT molecular complexity index is 1520. The SMILES string of the molecule is N=C(N)c1cccc(/C(=C/C(=O)Nc2ccc(-c3ccccc3S(N)(=O)=O)cc2)c2ccco2)c1. The van der Waals surface area contributed by atoms with Crippen LogP contribution in [0.25, 0.3) is 16.7 Å². The largest absolute Gasteiger partial charge is 0.464 e. The molecule has 6 N–H and O–H groups in total. The van der Waals surface area contributed by atoms with Gasteiger partial charge < -0.3 is 15.5 Å². The van der Waals surface area contributed by atoms with Crippen molar-refractivity contribution < 1.29 is 17.6 Å². The summed E-state index contributed by atoms with van der Waals surface area (Å²) in [5, 5.41) is 15.8. The minimum atomic E-state index is -3.89. The van der Waals surface area contributed by atoms with Crippen LogP contribution in [0.4, 0.5) is 5.69 Å². The summed E-state index contributed by atoms with van der Waals surface area (Å²) in [6.45, 7) is 0. The molecule has 8 nitrogen and oxygen atoms in total. The summed E-state index contributed by atoms with van der Waals surface area (Å²) >= 11 is 0. The fourth-order valence-electron chi connectivity index (χ4n) is 3.58. The molecule has 9 heteroatoms. The minimum absolute atomic E-state index is 0.0237. The third-order valence-corrected chi connectivity index (χ3v) is 6.17. The molecule has 0 saturated heterocycles. The van der Waals surface area contributed by atoms with Crippen LogP contribution >= 0.6 is 0 Å². The number of sulfonamides is 1. The highest BCUT2D eigenvalue weighted by Crippen LogP contribution is 2.28. The maximum absolute atomic E-state index is 12.9. The number of carbonyl (C=O) groups excluding carboxylic acids is 1. The van der Waals surface area contributed by atoms with E-state index in [0.29, 0.717) is 39.3 Å². The van der Waals surface area contributed by atoms with Crippen LogP contribution in [-0.2, 0) is 14.8 Å². The van der Waals surface area contributed by atoms with Gasteiger partial charge in [-0.2, -0.15) is 0 Å². The third kappa shape index (κ3) is 5.55. The normalized spacial score (nSPS) is 11.7. The average Bonchev–Trinajstić information content (AvgIpc) is 3.37. The predicted molar refractivity (Wildman–Crippen MR) is 135 cm³/mol. The van der Waals surface area contributed by atoms with Crippen molar-refractivity contribution in [3.8, 4) is 11.1 Å². The first-order valence-corrected chi connectivity index (χ1v) is 12.0. The molecule has 176 valence electrons. The number of amides is 1. The fourth-order valence-corrected chi connectivity index (χ4v) is 4.34. The van der Waals surface area contributed by atoms with E-state index in [9.17, 15) is 13.2 Å². The van der Waals surface area contributed by atoms with Crippen LogP contribution in [0.15, 0.2) is 107 Å². The lowest BCUT2D eigenvalue weighted by Gasteiger charge is -2.10. The van der Waals surface area contributed by atoms with Crippen molar-refractivity contribution in [3.05, 3.63) is 114 Å². The zero-order valence-electron chi connectivity index (χ0n) is 18.4. The smallest absolute Gasteiger partial charge is 0.249 e. The van der Waals surface area contributed by atoms with Gasteiger partial charge in [0.15, 0.2) is 0 Å². The number of benzene rings is 3. The molecule has 0 aliphatic heterocycles. The van der Waals surface area contributed by atoms with Crippen molar-refractivity contribution >= 4 is 33.0 Å². The second-order valence-corrected chi connectivity index (χ2v) is 9.17. The number of primary sulfonamides is 1. The van der Waals surface area contributed by atoms with Crippen molar-refractivity contribution in [2.45, 2.75) is 4.90 Å². The van der Waals surface area contributed by atoms with Gasteiger partial charge in [-0.25, -0.2) is 13.6 Å². The van der Waals surface area contributed by atoms with E-state index in [4.69, 9.17) is 20.7 Å². The lowest BCUT2D eigenvalue weighted by molar-refractivity contribution is -0.111. The molecule has 35 heavy (non-hydrogen) atoms. The monoisotopic (exact) mass is 486 g/mol. The number of carbonyl (C=O) groups is 1. The van der Waals surface area contributed by atoms with Crippen LogP contribution in [0, 0.1) is 5.41 Å². The Kier molecular flexibility index (Phi) is 6.63. The summed E-state index contributed by atoms with van der Waals surface area (Å²) in [4.78, 5) is 12.9. The number of furan rings is 1. The summed E-state index contributed by atoms with van der Waals surface area (Å²) in [6, 6.07) is 23.6. The van der Waals surface area contributed by atoms with Crippen molar-refractivity contribution in [3.63, 3.8) is 0 Å². The van der Waals surface area contributed by atoms with Crippen LogP contribution in [0.5, 0.6) is 0 Å². The van der Waals surface area contributed by atoms with Crippen molar-refractivity contribution in [1.29, 1.82) is 5.41 Å². The molecule has 0 spiro atoms. The van der Waals surface area contributed by atoms with E-state index < -0.39 is 15.9 Å². The van der Waals surface area contributed by atoms with E-state index in [1.165, 1.54) is 18.4 Å². The van der Waals surface area contributed by atoms with E-state index in [1.807, 2.05) is 0 Å². The van der Waals surface area contributed by atoms with Gasteiger partial charge >= 0.3 is 0 Å². The average molecular weight is 487 g/mol. The Morgan fingerprint density at radius 1 is 0.914 bits per heavy atom. The highest BCUT2D eigenvalue weighted by atomic mass is 32.2. The maximum Gasteiger partial charge on any atom is 0.249 e. The van der Waals surface area contributed by atoms with Gasteiger partial charge in [-0.05, 0) is 47.5 Å². The molecule has 1 heterocycles. The van der Waals surface area contributed by atoms with E-state index in [-0.39, 0.29) is 10.7 Å². The molecule has 0 aliphatic carbocycles. The van der Waals surface area contributed by atoms with E-state index >= 15 is 0 Å². The van der Waals surface area contributed by atoms with E-state index in [0.717, 1.165) is 0 Å². The Labute approximate surface area is 202 Å². The Morgan fingerprint density at radius 2 is 1.63 bits per heavy atom. The molecular formula is C26H22N4O4S. The minimum Gasteiger partial charge on any atom is -0.464 e. The number of rotatable bonds is 7. The van der Waals surface area contributed by atoms with Crippen LogP contribution in [0.2, 0.25) is 0 Å². The van der Waals surface area contributed by atoms with Gasteiger partial charge in [0.25, 0.3) is 0 Å². The van der Waals surface area contributed by atoms with Crippen LogP contribution in [-0.4, -0.2) is 20.2 Å². The Morgan fingerprint density at radius 3 is 2.29 bits per heavy atom. The highest BCUT2D eigenvalue weighted by molar-refractivity contribution is 7.89. The molecule has 0 radical (unpaired) electrons. The van der Waals surface area contributed by atoms with Gasteiger partial charge in [-0.15, -0.1) is 0 Å². The number of nitrogen functional groups attached to an aromatic ring is 1. The molecule has 1 aromatic heterocycles. The van der Waals surface area contributed by atoms with E-state index in [1.54, 1.807) is 78.9 Å². The maximum atomic E-state index is 12.9. The van der Waals surface area contributed by atoms with Crippen LogP contribution < -0.4 is 16.2 Å². The quantitative estimate of drug-likeness (QED) is 0.177. The molecule has 3 aromatic carbocycles. The van der Waals surface area contributed by atoms with Crippen molar-refractivity contribution in [2.75, 3.05) is 5.32 Å². The number of amidine groups is 1. The molecule has 0 aliphatic rings. The first-order valence-electron chi connectivity index (χ1n) is 10.5. The lowest BCUT2D eigenvalue weighted by Crippen LogP contribution is -2.13. The van der Waals surface area contributed by atoms with E-state index in [2.05, 4.69) is 5.32 Å². The van der Waals surface area contributed by atoms with Crippen LogP contribution in [0.1, 0.15) is 16.9 Å². The third-order valence-electron chi connectivity index (χ3n) is 5.20. The fraction of sp³-hybridized carbons (Fsp3) is 0. The first-order chi connectivity index (χ1) is 16.7. The van der Waals surface area contributed by atoms with Gasteiger partial charge in [-0.1, -0.05) is 48.5 Å². The Hall–Kier alpha value is -4.47. The highest BCUT2D eigenvalue weighted by Gasteiger charge is 2.15. The topological polar surface area (TPSA) is 152 Å². The number of nitrogens with one attached hydrogen (secondary N) is 2. The second-order valence-electron chi connectivity index (χ2n) is 7.64. The summed E-state index contributed by atoms with van der Waals surface area (Å²) in [7, 11) is -3.89. The number of anilines is 1. The molecule has 0 saturated carbocycles. The van der Waals surface area contributed by atoms with Crippen LogP contribution in [0.3, 0.4) is 0 Å². The van der Waals surface area contributed by atoms with Crippen molar-refractivity contribution in [2.24, 2.45) is 10.9 Å². The number of nitrogens with two attached hydrogens (primary N) is 2. The summed E-state index contributed by atoms with van der Waals surface area (Å²) in [6.07, 6.45) is 2.91. The van der Waals surface area contributed by atoms with Crippen molar-refractivity contribution in [1.82, 2.24) is 0 Å². The van der Waals surface area contributed by atoms with Gasteiger partial charge in [0.2, 0.25) is 15.9 Å². The zero-order valence-corrected chi connectivity index (χ0v) is 19.3. The molecule has 4 rings (SSSR count). The standard InChI is InChI=1S/C26H22N4O4S/c27-26(28)19-6-3-5-18(15-19)22(23-8-4-14-34-23)16-25(31)30-20-12-10-17(11-13-20)21-7-1-2-9-24(21)35(29,32)33/h1-16H,(H3,27,28)(H,30,31)(H2,29,32,33)/b22-16-. The number of hydrogen-bond acceptors (Lipinski definition) is 5. The second kappa shape index (κ2) is 9.80. The number of hydrogen-bond donors (Lipinski definition) is 4. The summed E-state index contributed by atoms with van der Waals surface area (Å²) in [5.41, 5.74) is 8.95.